The molecule has 3 heteroatoms. The lowest BCUT2D eigenvalue weighted by Gasteiger charge is -2.25. The Hall–Kier alpha value is -1.22. The van der Waals surface area contributed by atoms with Crippen molar-refractivity contribution in [3.8, 4) is 0 Å². The minimum Gasteiger partial charge on any atom is -0.381 e. The number of hydrogen-bond donors (Lipinski definition) is 0. The summed E-state index contributed by atoms with van der Waals surface area (Å²) in [6.45, 7) is 1.30. The molecule has 1 aromatic rings. The van der Waals surface area contributed by atoms with Crippen LogP contribution in [-0.4, -0.2) is 19.5 Å². The smallest absolute Gasteiger partial charge is 0.150 e. The van der Waals surface area contributed by atoms with E-state index in [9.17, 15) is 9.18 Å². The lowest BCUT2D eigenvalue weighted by molar-refractivity contribution is 0.0365. The molecule has 1 aliphatic rings. The average Bonchev–Trinajstić information content (AvgIpc) is 2.39. The van der Waals surface area contributed by atoms with Crippen molar-refractivity contribution in [3.05, 3.63) is 35.4 Å². The van der Waals surface area contributed by atoms with E-state index in [1.54, 1.807) is 24.3 Å². The molecule has 0 saturated carbocycles. The van der Waals surface area contributed by atoms with Crippen molar-refractivity contribution in [2.24, 2.45) is 5.92 Å². The molecule has 1 aromatic carbocycles. The number of ether oxygens (including phenoxy) is 1. The summed E-state index contributed by atoms with van der Waals surface area (Å²) in [6, 6.07) is 6.72. The first-order valence-electron chi connectivity index (χ1n) is 5.58. The SMILES string of the molecule is O=Cc1ccc(C(F)C2CCOCC2)cc1. The maximum Gasteiger partial charge on any atom is 0.150 e. The van der Waals surface area contributed by atoms with Gasteiger partial charge in [0, 0.05) is 18.8 Å². The number of benzene rings is 1. The van der Waals surface area contributed by atoms with Crippen LogP contribution in [0.2, 0.25) is 0 Å². The van der Waals surface area contributed by atoms with E-state index in [-0.39, 0.29) is 5.92 Å². The van der Waals surface area contributed by atoms with Crippen LogP contribution in [0.15, 0.2) is 24.3 Å². The second-order valence-corrected chi connectivity index (χ2v) is 4.14. The Balaban J connectivity index is 2.06. The van der Waals surface area contributed by atoms with Crippen LogP contribution in [0.25, 0.3) is 0 Å². The largest absolute Gasteiger partial charge is 0.381 e. The molecule has 1 fully saturated rings. The molecule has 0 radical (unpaired) electrons. The predicted molar refractivity (Wildman–Crippen MR) is 59.2 cm³/mol. The Morgan fingerprint density at radius 1 is 1.25 bits per heavy atom. The Labute approximate surface area is 94.4 Å². The summed E-state index contributed by atoms with van der Waals surface area (Å²) in [4.78, 5) is 10.5. The number of carbonyl (C=O) groups excluding carboxylic acids is 1. The molecule has 0 N–H and O–H groups in total. The highest BCUT2D eigenvalue weighted by atomic mass is 19.1. The van der Waals surface area contributed by atoms with Crippen LogP contribution < -0.4 is 0 Å². The van der Waals surface area contributed by atoms with Gasteiger partial charge in [0.05, 0.1) is 0 Å². The van der Waals surface area contributed by atoms with Crippen molar-refractivity contribution >= 4 is 6.29 Å². The Morgan fingerprint density at radius 2 is 1.88 bits per heavy atom. The van der Waals surface area contributed by atoms with Crippen molar-refractivity contribution in [1.82, 2.24) is 0 Å². The molecule has 2 nitrogen and oxygen atoms in total. The topological polar surface area (TPSA) is 26.3 Å². The van der Waals surface area contributed by atoms with Crippen LogP contribution in [0, 0.1) is 5.92 Å². The monoisotopic (exact) mass is 222 g/mol. The fraction of sp³-hybridized carbons (Fsp3) is 0.462. The summed E-state index contributed by atoms with van der Waals surface area (Å²) in [7, 11) is 0. The summed E-state index contributed by atoms with van der Waals surface area (Å²) < 4.78 is 19.3. The van der Waals surface area contributed by atoms with E-state index in [2.05, 4.69) is 0 Å². The molecule has 16 heavy (non-hydrogen) atoms. The predicted octanol–water partition coefficient (Wildman–Crippen LogP) is 2.94. The van der Waals surface area contributed by atoms with Gasteiger partial charge in [0.25, 0.3) is 0 Å². The van der Waals surface area contributed by atoms with Gasteiger partial charge in [-0.1, -0.05) is 24.3 Å². The second-order valence-electron chi connectivity index (χ2n) is 4.14. The normalized spacial score (nSPS) is 19.3. The Morgan fingerprint density at radius 3 is 2.44 bits per heavy atom. The van der Waals surface area contributed by atoms with Gasteiger partial charge < -0.3 is 4.74 Å². The van der Waals surface area contributed by atoms with E-state index in [1.807, 2.05) is 0 Å². The maximum absolute atomic E-state index is 14.1. The third-order valence-corrected chi connectivity index (χ3v) is 3.07. The van der Waals surface area contributed by atoms with Crippen molar-refractivity contribution in [2.45, 2.75) is 19.0 Å². The second kappa shape index (κ2) is 5.21. The van der Waals surface area contributed by atoms with Crippen molar-refractivity contribution in [3.63, 3.8) is 0 Å². The number of rotatable bonds is 3. The highest BCUT2D eigenvalue weighted by molar-refractivity contribution is 5.74. The van der Waals surface area contributed by atoms with Gasteiger partial charge in [-0.15, -0.1) is 0 Å². The molecule has 0 spiro atoms. The minimum atomic E-state index is -0.940. The third-order valence-electron chi connectivity index (χ3n) is 3.07. The molecule has 2 rings (SSSR count). The van der Waals surface area contributed by atoms with Crippen molar-refractivity contribution < 1.29 is 13.9 Å². The highest BCUT2D eigenvalue weighted by Crippen LogP contribution is 2.33. The van der Waals surface area contributed by atoms with E-state index < -0.39 is 6.17 Å². The molecule has 1 saturated heterocycles. The number of alkyl halides is 1. The number of aldehydes is 1. The van der Waals surface area contributed by atoms with E-state index in [4.69, 9.17) is 4.74 Å². The maximum atomic E-state index is 14.1. The van der Waals surface area contributed by atoms with Crippen LogP contribution in [0.4, 0.5) is 4.39 Å². The minimum absolute atomic E-state index is 0.0517. The summed E-state index contributed by atoms with van der Waals surface area (Å²) in [5, 5.41) is 0. The summed E-state index contributed by atoms with van der Waals surface area (Å²) in [5.74, 6) is 0.0517. The van der Waals surface area contributed by atoms with Crippen LogP contribution in [0.5, 0.6) is 0 Å². The van der Waals surface area contributed by atoms with Crippen molar-refractivity contribution in [1.29, 1.82) is 0 Å². The number of hydrogen-bond acceptors (Lipinski definition) is 2. The first-order valence-corrected chi connectivity index (χ1v) is 5.58. The molecule has 1 heterocycles. The molecular weight excluding hydrogens is 207 g/mol. The van der Waals surface area contributed by atoms with Gasteiger partial charge in [0.15, 0.2) is 0 Å². The lowest BCUT2D eigenvalue weighted by atomic mass is 9.90. The van der Waals surface area contributed by atoms with Gasteiger partial charge in [0.1, 0.15) is 12.5 Å². The van der Waals surface area contributed by atoms with Gasteiger partial charge in [0.2, 0.25) is 0 Å². The first kappa shape index (κ1) is 11.3. The quantitative estimate of drug-likeness (QED) is 0.735. The first-order chi connectivity index (χ1) is 7.81. The summed E-state index contributed by atoms with van der Waals surface area (Å²) in [5.41, 5.74) is 1.25. The zero-order chi connectivity index (χ0) is 11.4. The van der Waals surface area contributed by atoms with E-state index in [1.165, 1.54) is 0 Å². The molecule has 0 aromatic heterocycles. The Bertz CT molecular complexity index is 341. The molecule has 0 bridgehead atoms. The molecule has 1 aliphatic heterocycles. The van der Waals surface area contributed by atoms with Crippen LogP contribution in [0.3, 0.4) is 0 Å². The summed E-state index contributed by atoms with van der Waals surface area (Å²) >= 11 is 0. The molecule has 86 valence electrons. The Kier molecular flexibility index (Phi) is 3.67. The molecule has 0 amide bonds. The van der Waals surface area contributed by atoms with Gasteiger partial charge in [-0.3, -0.25) is 4.79 Å². The molecule has 1 unspecified atom stereocenters. The fourth-order valence-electron chi connectivity index (χ4n) is 2.04. The number of halogens is 1. The molecular formula is C13H15FO2. The van der Waals surface area contributed by atoms with E-state index in [0.717, 1.165) is 19.1 Å². The van der Waals surface area contributed by atoms with Gasteiger partial charge in [-0.05, 0) is 24.3 Å². The van der Waals surface area contributed by atoms with Crippen LogP contribution in [-0.2, 0) is 4.74 Å². The van der Waals surface area contributed by atoms with Crippen LogP contribution >= 0.6 is 0 Å². The standard InChI is InChI=1S/C13H15FO2/c14-13(12-5-7-16-8-6-12)11-3-1-10(9-15)2-4-11/h1-4,9,12-13H,5-8H2. The van der Waals surface area contributed by atoms with E-state index >= 15 is 0 Å². The van der Waals surface area contributed by atoms with Gasteiger partial charge in [-0.25, -0.2) is 4.39 Å². The highest BCUT2D eigenvalue weighted by Gasteiger charge is 2.24. The fourth-order valence-corrected chi connectivity index (χ4v) is 2.04. The summed E-state index contributed by atoms with van der Waals surface area (Å²) in [6.07, 6.45) is 1.38. The van der Waals surface area contributed by atoms with E-state index in [0.29, 0.717) is 24.3 Å². The molecule has 0 aliphatic carbocycles. The zero-order valence-electron chi connectivity index (χ0n) is 9.06. The average molecular weight is 222 g/mol. The van der Waals surface area contributed by atoms with Crippen molar-refractivity contribution in [2.75, 3.05) is 13.2 Å². The van der Waals surface area contributed by atoms with Crippen LogP contribution in [0.1, 0.15) is 34.9 Å². The lowest BCUT2D eigenvalue weighted by Crippen LogP contribution is -2.19. The third kappa shape index (κ3) is 2.47. The van der Waals surface area contributed by atoms with Gasteiger partial charge >= 0.3 is 0 Å². The molecule has 1 atom stereocenters. The van der Waals surface area contributed by atoms with Gasteiger partial charge in [-0.2, -0.15) is 0 Å². The zero-order valence-corrected chi connectivity index (χ0v) is 9.06. The number of carbonyl (C=O) groups is 1.